The van der Waals surface area contributed by atoms with Crippen LogP contribution in [0, 0.1) is 0 Å². The van der Waals surface area contributed by atoms with Gasteiger partial charge in [-0.1, -0.05) is 43.7 Å². The summed E-state index contributed by atoms with van der Waals surface area (Å²) in [6.07, 6.45) is 3.46. The van der Waals surface area contributed by atoms with Crippen molar-refractivity contribution in [3.8, 4) is 34.3 Å². The number of fused-ring (bicyclic) bond motifs is 2. The smallest absolute Gasteiger partial charge is 0.263 e. The molecule has 2 aromatic carbocycles. The highest BCUT2D eigenvalue weighted by Crippen LogP contribution is 2.48. The first kappa shape index (κ1) is 25.9. The van der Waals surface area contributed by atoms with E-state index in [2.05, 4.69) is 24.0 Å². The zero-order chi connectivity index (χ0) is 26.9. The molecule has 0 saturated carbocycles. The molecule has 1 amide bonds. The van der Waals surface area contributed by atoms with Crippen LogP contribution in [0.25, 0.3) is 11.1 Å². The second-order valence-electron chi connectivity index (χ2n) is 9.85. The molecule has 8 heteroatoms. The van der Waals surface area contributed by atoms with Crippen LogP contribution in [0.2, 0.25) is 0 Å². The lowest BCUT2D eigenvalue weighted by Gasteiger charge is -2.39. The number of carbonyl (C=O) groups is 1. The average molecular weight is 519 g/mol. The van der Waals surface area contributed by atoms with Gasteiger partial charge in [0.1, 0.15) is 22.8 Å². The molecule has 0 unspecified atom stereocenters. The van der Waals surface area contributed by atoms with Gasteiger partial charge in [0, 0.05) is 13.1 Å². The maximum absolute atomic E-state index is 13.8. The molecule has 0 bridgehead atoms. The number of unbranched alkanes of at least 4 members (excludes halogenated alkanes) is 1. The molecular formula is C30H34N2O6. The first-order valence-corrected chi connectivity index (χ1v) is 13.1. The van der Waals surface area contributed by atoms with Crippen molar-refractivity contribution < 1.29 is 29.2 Å². The number of carbonyl (C=O) groups excluding carboxylic acids is 1. The zero-order valence-corrected chi connectivity index (χ0v) is 22.1. The third-order valence-corrected chi connectivity index (χ3v) is 7.76. The maximum atomic E-state index is 13.8. The minimum Gasteiger partial charge on any atom is -0.506 e. The summed E-state index contributed by atoms with van der Waals surface area (Å²) in [6, 6.07) is 13.5. The molecule has 200 valence electrons. The van der Waals surface area contributed by atoms with E-state index in [0.29, 0.717) is 67.3 Å². The second kappa shape index (κ2) is 10.5. The summed E-state index contributed by atoms with van der Waals surface area (Å²) in [5.74, 6) is -0.315. The number of nitrogens with zero attached hydrogens (tertiary/aromatic N) is 2. The van der Waals surface area contributed by atoms with E-state index in [-0.39, 0.29) is 11.3 Å². The van der Waals surface area contributed by atoms with Gasteiger partial charge in [-0.05, 0) is 48.9 Å². The van der Waals surface area contributed by atoms with Gasteiger partial charge in [0.05, 0.1) is 43.2 Å². The number of aryl methyl sites for hydroxylation is 1. The van der Waals surface area contributed by atoms with Gasteiger partial charge >= 0.3 is 0 Å². The van der Waals surface area contributed by atoms with Crippen molar-refractivity contribution >= 4 is 5.91 Å². The Morgan fingerprint density at radius 1 is 1.03 bits per heavy atom. The van der Waals surface area contributed by atoms with E-state index in [4.69, 9.17) is 14.2 Å². The van der Waals surface area contributed by atoms with Crippen LogP contribution in [0.3, 0.4) is 0 Å². The van der Waals surface area contributed by atoms with Crippen LogP contribution in [0.4, 0.5) is 0 Å². The predicted octanol–water partition coefficient (Wildman–Crippen LogP) is 5.18. The number of benzene rings is 2. The van der Waals surface area contributed by atoms with Crippen LogP contribution in [-0.2, 0) is 23.4 Å². The molecule has 0 aliphatic carbocycles. The summed E-state index contributed by atoms with van der Waals surface area (Å²) in [4.78, 5) is 19.9. The number of likely N-dealkylation sites (tertiary alicyclic amines) is 1. The monoisotopic (exact) mass is 518 g/mol. The van der Waals surface area contributed by atoms with E-state index >= 15 is 0 Å². The lowest BCUT2D eigenvalue weighted by molar-refractivity contribution is -0.0742. The Morgan fingerprint density at radius 2 is 1.71 bits per heavy atom. The Hall–Kier alpha value is -3.78. The first-order valence-electron chi connectivity index (χ1n) is 13.1. The van der Waals surface area contributed by atoms with E-state index in [1.807, 2.05) is 12.1 Å². The molecule has 1 aromatic heterocycles. The molecule has 2 N–H and O–H groups in total. The van der Waals surface area contributed by atoms with Crippen molar-refractivity contribution in [1.29, 1.82) is 0 Å². The minimum absolute atomic E-state index is 0.211. The number of amides is 1. The fourth-order valence-electron chi connectivity index (χ4n) is 5.72. The third kappa shape index (κ3) is 4.32. The van der Waals surface area contributed by atoms with Crippen LogP contribution >= 0.6 is 0 Å². The SMILES string of the molecule is CCCCc1nc(O)c(C(=O)N2CCC3(CC2)OCc2ccccc23)c(O)c1-c1c(OC)cccc1OC. The number of ether oxygens (including phenoxy) is 3. The number of pyridine rings is 1. The van der Waals surface area contributed by atoms with E-state index < -0.39 is 17.4 Å². The van der Waals surface area contributed by atoms with E-state index in [0.717, 1.165) is 12.8 Å². The van der Waals surface area contributed by atoms with Gasteiger partial charge in [0.25, 0.3) is 5.91 Å². The molecule has 2 aliphatic heterocycles. The Morgan fingerprint density at radius 3 is 2.37 bits per heavy atom. The van der Waals surface area contributed by atoms with Gasteiger partial charge in [0.2, 0.25) is 5.88 Å². The third-order valence-electron chi connectivity index (χ3n) is 7.76. The Bertz CT molecular complexity index is 1320. The highest BCUT2D eigenvalue weighted by Gasteiger charge is 2.44. The van der Waals surface area contributed by atoms with Crippen molar-refractivity contribution in [2.75, 3.05) is 27.3 Å². The summed E-state index contributed by atoms with van der Waals surface area (Å²) >= 11 is 0. The summed E-state index contributed by atoms with van der Waals surface area (Å²) in [6.45, 7) is 3.48. The standard InChI is InChI=1S/C30H34N2O6/c1-4-5-11-21-24(25-22(36-2)12-8-13-23(25)37-3)27(33)26(28(34)31-21)29(35)32-16-14-30(15-17-32)20-10-7-6-9-19(20)18-38-30/h6-10,12-13H,4-5,11,14-18H2,1-3H3,(H2,31,33,34). The minimum atomic E-state index is -0.473. The zero-order valence-electron chi connectivity index (χ0n) is 22.1. The van der Waals surface area contributed by atoms with E-state index in [1.165, 1.54) is 25.3 Å². The van der Waals surface area contributed by atoms with Gasteiger partial charge in [-0.25, -0.2) is 4.98 Å². The van der Waals surface area contributed by atoms with Gasteiger partial charge < -0.3 is 29.3 Å². The van der Waals surface area contributed by atoms with Crippen LogP contribution in [-0.4, -0.2) is 53.3 Å². The molecule has 0 atom stereocenters. The molecule has 1 fully saturated rings. The predicted molar refractivity (Wildman–Crippen MR) is 143 cm³/mol. The van der Waals surface area contributed by atoms with Crippen LogP contribution in [0.1, 0.15) is 59.8 Å². The number of methoxy groups -OCH3 is 2. The number of aromatic hydroxyl groups is 2. The molecule has 0 radical (unpaired) electrons. The molecule has 3 aromatic rings. The van der Waals surface area contributed by atoms with E-state index in [1.54, 1.807) is 23.1 Å². The van der Waals surface area contributed by atoms with E-state index in [9.17, 15) is 15.0 Å². The number of hydrogen-bond acceptors (Lipinski definition) is 7. The fourth-order valence-corrected chi connectivity index (χ4v) is 5.72. The average Bonchev–Trinajstić information content (AvgIpc) is 3.29. The number of hydrogen-bond donors (Lipinski definition) is 2. The Balaban J connectivity index is 1.52. The van der Waals surface area contributed by atoms with Crippen LogP contribution in [0.5, 0.6) is 23.1 Å². The maximum Gasteiger partial charge on any atom is 0.263 e. The summed E-state index contributed by atoms with van der Waals surface area (Å²) < 4.78 is 17.4. The number of piperidine rings is 1. The topological polar surface area (TPSA) is 101 Å². The molecule has 38 heavy (non-hydrogen) atoms. The largest absolute Gasteiger partial charge is 0.506 e. The van der Waals surface area contributed by atoms with Gasteiger partial charge in [-0.3, -0.25) is 4.79 Å². The lowest BCUT2D eigenvalue weighted by atomic mass is 9.83. The first-order chi connectivity index (χ1) is 18.4. The van der Waals surface area contributed by atoms with Gasteiger partial charge in [0.15, 0.2) is 0 Å². The summed E-state index contributed by atoms with van der Waals surface area (Å²) in [5.41, 5.74) is 3.07. The normalized spacial score (nSPS) is 15.9. The lowest BCUT2D eigenvalue weighted by Crippen LogP contribution is -2.45. The molecule has 3 heterocycles. The summed E-state index contributed by atoms with van der Waals surface area (Å²) in [7, 11) is 3.07. The number of aromatic nitrogens is 1. The van der Waals surface area contributed by atoms with Crippen LogP contribution in [0.15, 0.2) is 42.5 Å². The Kier molecular flexibility index (Phi) is 7.17. The molecule has 1 spiro atoms. The molecule has 5 rings (SSSR count). The van der Waals surface area contributed by atoms with Crippen molar-refractivity contribution in [3.05, 3.63) is 64.8 Å². The molecular weight excluding hydrogens is 484 g/mol. The highest BCUT2D eigenvalue weighted by atomic mass is 16.5. The fraction of sp³-hybridized carbons (Fsp3) is 0.400. The quantitative estimate of drug-likeness (QED) is 0.444. The Labute approximate surface area is 222 Å². The van der Waals surface area contributed by atoms with Gasteiger partial charge in [-0.2, -0.15) is 0 Å². The second-order valence-corrected chi connectivity index (χ2v) is 9.85. The van der Waals surface area contributed by atoms with Crippen molar-refractivity contribution in [3.63, 3.8) is 0 Å². The summed E-state index contributed by atoms with van der Waals surface area (Å²) in [5, 5.41) is 22.5. The molecule has 8 nitrogen and oxygen atoms in total. The van der Waals surface area contributed by atoms with Gasteiger partial charge in [-0.15, -0.1) is 0 Å². The van der Waals surface area contributed by atoms with Crippen molar-refractivity contribution in [1.82, 2.24) is 9.88 Å². The highest BCUT2D eigenvalue weighted by molar-refractivity contribution is 6.02. The molecule has 1 saturated heterocycles. The van der Waals surface area contributed by atoms with Crippen LogP contribution < -0.4 is 9.47 Å². The van der Waals surface area contributed by atoms with Crippen molar-refractivity contribution in [2.24, 2.45) is 0 Å². The van der Waals surface area contributed by atoms with Crippen molar-refractivity contribution in [2.45, 2.75) is 51.2 Å². The number of rotatable bonds is 7. The molecule has 2 aliphatic rings.